The number of carbonyl (C=O) groups is 3. The van der Waals surface area contributed by atoms with Crippen LogP contribution in [0, 0.1) is 0 Å². The van der Waals surface area contributed by atoms with Crippen LogP contribution in [0.1, 0.15) is 18.4 Å². The smallest absolute Gasteiger partial charge is 0.244 e. The van der Waals surface area contributed by atoms with Crippen molar-refractivity contribution in [3.63, 3.8) is 0 Å². The Morgan fingerprint density at radius 2 is 1.74 bits per heavy atom. The lowest BCUT2D eigenvalue weighted by Gasteiger charge is -2.13. The van der Waals surface area contributed by atoms with Crippen LogP contribution >= 0.6 is 0 Å². The SMILES string of the molecule is NCc1ccc(NC(=O)CN2C(=O)CCC2=O)cc1. The molecule has 3 N–H and O–H groups in total. The number of hydrogen-bond donors (Lipinski definition) is 2. The van der Waals surface area contributed by atoms with Gasteiger partial charge in [0.25, 0.3) is 0 Å². The third-order valence-corrected chi connectivity index (χ3v) is 2.93. The number of likely N-dealkylation sites (tertiary alicyclic amines) is 1. The van der Waals surface area contributed by atoms with Gasteiger partial charge in [-0.1, -0.05) is 12.1 Å². The summed E-state index contributed by atoms with van der Waals surface area (Å²) in [6, 6.07) is 7.07. The summed E-state index contributed by atoms with van der Waals surface area (Å²) in [5.74, 6) is -0.971. The summed E-state index contributed by atoms with van der Waals surface area (Å²) in [5, 5.41) is 2.64. The van der Waals surface area contributed by atoms with Crippen LogP contribution in [0.4, 0.5) is 5.69 Å². The minimum Gasteiger partial charge on any atom is -0.326 e. The van der Waals surface area contributed by atoms with Gasteiger partial charge in [-0.05, 0) is 17.7 Å². The standard InChI is InChI=1S/C13H15N3O3/c14-7-9-1-3-10(4-2-9)15-11(17)8-16-12(18)5-6-13(16)19/h1-4H,5-8,14H2,(H,15,17). The summed E-state index contributed by atoms with van der Waals surface area (Å²) in [6.45, 7) is 0.210. The highest BCUT2D eigenvalue weighted by atomic mass is 16.2. The van der Waals surface area contributed by atoms with E-state index >= 15 is 0 Å². The first-order valence-corrected chi connectivity index (χ1v) is 6.02. The van der Waals surface area contributed by atoms with E-state index in [9.17, 15) is 14.4 Å². The molecule has 1 heterocycles. The number of carbonyl (C=O) groups excluding carboxylic acids is 3. The number of benzene rings is 1. The molecule has 3 amide bonds. The van der Waals surface area contributed by atoms with E-state index in [1.807, 2.05) is 12.1 Å². The molecule has 100 valence electrons. The minimum atomic E-state index is -0.385. The van der Waals surface area contributed by atoms with Gasteiger partial charge in [0.15, 0.2) is 0 Å². The molecule has 6 heteroatoms. The van der Waals surface area contributed by atoms with Gasteiger partial charge in [0.05, 0.1) is 0 Å². The zero-order valence-electron chi connectivity index (χ0n) is 10.4. The van der Waals surface area contributed by atoms with Gasteiger partial charge in [-0.25, -0.2) is 0 Å². The van der Waals surface area contributed by atoms with Crippen LogP contribution in [0.25, 0.3) is 0 Å². The summed E-state index contributed by atoms with van der Waals surface area (Å²) < 4.78 is 0. The molecular weight excluding hydrogens is 246 g/mol. The number of nitrogens with two attached hydrogens (primary N) is 1. The first-order chi connectivity index (χ1) is 9.10. The van der Waals surface area contributed by atoms with Crippen LogP contribution in [0.15, 0.2) is 24.3 Å². The maximum absolute atomic E-state index is 11.7. The van der Waals surface area contributed by atoms with E-state index in [1.54, 1.807) is 12.1 Å². The van der Waals surface area contributed by atoms with E-state index in [1.165, 1.54) is 0 Å². The lowest BCUT2D eigenvalue weighted by Crippen LogP contribution is -2.36. The molecule has 0 bridgehead atoms. The molecule has 1 aliphatic heterocycles. The summed E-state index contributed by atoms with van der Waals surface area (Å²) in [5.41, 5.74) is 7.04. The molecule has 0 atom stereocenters. The predicted molar refractivity (Wildman–Crippen MR) is 68.9 cm³/mol. The lowest BCUT2D eigenvalue weighted by atomic mass is 10.2. The van der Waals surface area contributed by atoms with Crippen molar-refractivity contribution in [2.45, 2.75) is 19.4 Å². The van der Waals surface area contributed by atoms with Crippen molar-refractivity contribution < 1.29 is 14.4 Å². The Morgan fingerprint density at radius 3 is 2.26 bits per heavy atom. The highest BCUT2D eigenvalue weighted by Crippen LogP contribution is 2.12. The largest absolute Gasteiger partial charge is 0.326 e. The number of anilines is 1. The van der Waals surface area contributed by atoms with Crippen LogP contribution < -0.4 is 11.1 Å². The number of imide groups is 1. The van der Waals surface area contributed by atoms with Crippen molar-refractivity contribution >= 4 is 23.4 Å². The number of nitrogens with zero attached hydrogens (tertiary/aromatic N) is 1. The summed E-state index contributed by atoms with van der Waals surface area (Å²) in [7, 11) is 0. The van der Waals surface area contributed by atoms with Gasteiger partial charge in [-0.15, -0.1) is 0 Å². The van der Waals surface area contributed by atoms with Gasteiger partial charge >= 0.3 is 0 Å². The molecule has 6 nitrogen and oxygen atoms in total. The molecule has 0 unspecified atom stereocenters. The Kier molecular flexibility index (Phi) is 3.91. The van der Waals surface area contributed by atoms with E-state index in [4.69, 9.17) is 5.73 Å². The molecule has 0 aromatic heterocycles. The maximum Gasteiger partial charge on any atom is 0.244 e. The van der Waals surface area contributed by atoms with Crippen LogP contribution in [-0.4, -0.2) is 29.2 Å². The van der Waals surface area contributed by atoms with Crippen molar-refractivity contribution in [2.24, 2.45) is 5.73 Å². The fraction of sp³-hybridized carbons (Fsp3) is 0.308. The summed E-state index contributed by atoms with van der Waals surface area (Å²) in [6.07, 6.45) is 0.384. The molecule has 0 saturated carbocycles. The third-order valence-electron chi connectivity index (χ3n) is 2.93. The molecule has 19 heavy (non-hydrogen) atoms. The fourth-order valence-corrected chi connectivity index (χ4v) is 1.87. The number of amides is 3. The van der Waals surface area contributed by atoms with Gasteiger partial charge in [-0.2, -0.15) is 0 Å². The van der Waals surface area contributed by atoms with Crippen molar-refractivity contribution in [3.05, 3.63) is 29.8 Å². The molecule has 0 radical (unpaired) electrons. The second kappa shape index (κ2) is 5.62. The van der Waals surface area contributed by atoms with Gasteiger partial charge in [0.1, 0.15) is 6.54 Å². The molecule has 1 aliphatic rings. The van der Waals surface area contributed by atoms with Crippen molar-refractivity contribution in [1.82, 2.24) is 4.90 Å². The van der Waals surface area contributed by atoms with E-state index in [0.717, 1.165) is 10.5 Å². The van der Waals surface area contributed by atoms with Crippen molar-refractivity contribution in [1.29, 1.82) is 0 Å². The van der Waals surface area contributed by atoms with Gasteiger partial charge in [0.2, 0.25) is 17.7 Å². The molecule has 0 aliphatic carbocycles. The molecular formula is C13H15N3O3. The van der Waals surface area contributed by atoms with Crippen LogP contribution in [-0.2, 0) is 20.9 Å². The molecule has 2 rings (SSSR count). The minimum absolute atomic E-state index is 0.192. The molecule has 1 aromatic carbocycles. The number of nitrogens with one attached hydrogen (secondary N) is 1. The van der Waals surface area contributed by atoms with Crippen LogP contribution in [0.2, 0.25) is 0 Å². The first kappa shape index (κ1) is 13.2. The topological polar surface area (TPSA) is 92.5 Å². The first-order valence-electron chi connectivity index (χ1n) is 6.02. The molecule has 1 fully saturated rings. The maximum atomic E-state index is 11.7. The lowest BCUT2D eigenvalue weighted by molar-refractivity contribution is -0.141. The second-order valence-electron chi connectivity index (χ2n) is 4.32. The monoisotopic (exact) mass is 261 g/mol. The normalized spacial score (nSPS) is 14.9. The van der Waals surface area contributed by atoms with E-state index in [2.05, 4.69) is 5.32 Å². The highest BCUT2D eigenvalue weighted by molar-refractivity contribution is 6.06. The Labute approximate surface area is 110 Å². The number of rotatable bonds is 4. The van der Waals surface area contributed by atoms with Crippen molar-refractivity contribution in [2.75, 3.05) is 11.9 Å². The Bertz CT molecular complexity index is 494. The zero-order valence-corrected chi connectivity index (χ0v) is 10.4. The van der Waals surface area contributed by atoms with Crippen LogP contribution in [0.3, 0.4) is 0 Å². The van der Waals surface area contributed by atoms with Crippen LogP contribution in [0.5, 0.6) is 0 Å². The quantitative estimate of drug-likeness (QED) is 0.759. The Hall–Kier alpha value is -2.21. The summed E-state index contributed by atoms with van der Waals surface area (Å²) in [4.78, 5) is 35.5. The Balaban J connectivity index is 1.93. The van der Waals surface area contributed by atoms with Crippen molar-refractivity contribution in [3.8, 4) is 0 Å². The van der Waals surface area contributed by atoms with Gasteiger partial charge in [-0.3, -0.25) is 19.3 Å². The average Bonchev–Trinajstić information content (AvgIpc) is 2.71. The molecule has 1 aromatic rings. The zero-order chi connectivity index (χ0) is 13.8. The Morgan fingerprint density at radius 1 is 1.16 bits per heavy atom. The number of hydrogen-bond acceptors (Lipinski definition) is 4. The highest BCUT2D eigenvalue weighted by Gasteiger charge is 2.30. The predicted octanol–water partition coefficient (Wildman–Crippen LogP) is 0.233. The van der Waals surface area contributed by atoms with E-state index in [-0.39, 0.29) is 37.1 Å². The molecule has 0 spiro atoms. The third kappa shape index (κ3) is 3.17. The summed E-state index contributed by atoms with van der Waals surface area (Å²) >= 11 is 0. The van der Waals surface area contributed by atoms with Gasteiger partial charge < -0.3 is 11.1 Å². The van der Waals surface area contributed by atoms with Gasteiger partial charge in [0, 0.05) is 25.1 Å². The van der Waals surface area contributed by atoms with E-state index in [0.29, 0.717) is 12.2 Å². The fourth-order valence-electron chi connectivity index (χ4n) is 1.87. The van der Waals surface area contributed by atoms with E-state index < -0.39 is 0 Å². The molecule has 1 saturated heterocycles. The second-order valence-corrected chi connectivity index (χ2v) is 4.32. The average molecular weight is 261 g/mol.